The number of hydrogen-bond acceptors (Lipinski definition) is 5. The van der Waals surface area contributed by atoms with E-state index in [1.54, 1.807) is 0 Å². The highest BCUT2D eigenvalue weighted by molar-refractivity contribution is 9.10. The molecule has 0 spiro atoms. The second-order valence-corrected chi connectivity index (χ2v) is 12.5. The zero-order chi connectivity index (χ0) is 32.5. The van der Waals surface area contributed by atoms with Crippen molar-refractivity contribution in [1.82, 2.24) is 39.6 Å². The van der Waals surface area contributed by atoms with Gasteiger partial charge in [-0.1, -0.05) is 146 Å². The number of aromatic nitrogens is 8. The molecule has 5 aromatic carbocycles. The Balaban J connectivity index is 1.24. The van der Waals surface area contributed by atoms with E-state index in [0.29, 0.717) is 12.4 Å². The molecule has 0 bridgehead atoms. The third-order valence-electron chi connectivity index (χ3n) is 8.81. The first-order valence-corrected chi connectivity index (χ1v) is 16.7. The SMILES string of the molecule is CCc1nc2c(Br)cn(Cc3ccc(-c4ccccc4-c4nnnn4C(c4ccccc4)(c4ccccc4)c4ccccc4)cc3)n2n1. The number of nitrogens with zero attached hydrogens (tertiary/aromatic N) is 8. The van der Waals surface area contributed by atoms with Gasteiger partial charge in [0.05, 0.1) is 11.0 Å². The molecule has 0 aliphatic rings. The molecule has 0 aliphatic carbocycles. The van der Waals surface area contributed by atoms with Gasteiger partial charge in [0.25, 0.3) is 0 Å². The Hall–Kier alpha value is -5.67. The predicted molar refractivity (Wildman–Crippen MR) is 190 cm³/mol. The van der Waals surface area contributed by atoms with Crippen LogP contribution >= 0.6 is 15.9 Å². The number of fused-ring (bicyclic) bond motifs is 1. The minimum absolute atomic E-state index is 0.655. The molecule has 8 nitrogen and oxygen atoms in total. The van der Waals surface area contributed by atoms with Crippen molar-refractivity contribution in [3.8, 4) is 22.5 Å². The average molecular weight is 692 g/mol. The molecule has 0 radical (unpaired) electrons. The molecule has 3 aromatic heterocycles. The number of hydrogen-bond donors (Lipinski definition) is 0. The largest absolute Gasteiger partial charge is 0.265 e. The van der Waals surface area contributed by atoms with E-state index >= 15 is 0 Å². The van der Waals surface area contributed by atoms with Crippen molar-refractivity contribution in [2.24, 2.45) is 0 Å². The molecule has 0 saturated carbocycles. The van der Waals surface area contributed by atoms with Crippen LogP contribution in [0, 0.1) is 0 Å². The lowest BCUT2D eigenvalue weighted by molar-refractivity contribution is 0.451. The zero-order valence-electron chi connectivity index (χ0n) is 26.2. The molecule has 0 atom stereocenters. The van der Waals surface area contributed by atoms with E-state index in [-0.39, 0.29) is 0 Å². The van der Waals surface area contributed by atoms with Gasteiger partial charge in [0, 0.05) is 18.2 Å². The molecular weight excluding hydrogens is 660 g/mol. The summed E-state index contributed by atoms with van der Waals surface area (Å²) >= 11 is 3.64. The van der Waals surface area contributed by atoms with Crippen molar-refractivity contribution in [2.75, 3.05) is 0 Å². The molecule has 234 valence electrons. The van der Waals surface area contributed by atoms with Gasteiger partial charge in [-0.05, 0) is 59.7 Å². The highest BCUT2D eigenvalue weighted by Crippen LogP contribution is 2.43. The van der Waals surface area contributed by atoms with E-state index in [4.69, 9.17) is 10.3 Å². The topological polar surface area (TPSA) is 78.7 Å². The van der Waals surface area contributed by atoms with E-state index < -0.39 is 5.54 Å². The third kappa shape index (κ3) is 5.03. The van der Waals surface area contributed by atoms with Crippen LogP contribution < -0.4 is 0 Å². The minimum Gasteiger partial charge on any atom is -0.265 e. The summed E-state index contributed by atoms with van der Waals surface area (Å²) in [5, 5.41) is 18.4. The van der Waals surface area contributed by atoms with Crippen molar-refractivity contribution in [3.05, 3.63) is 178 Å². The van der Waals surface area contributed by atoms with Gasteiger partial charge < -0.3 is 0 Å². The second-order valence-electron chi connectivity index (χ2n) is 11.6. The van der Waals surface area contributed by atoms with E-state index in [1.165, 1.54) is 0 Å². The summed E-state index contributed by atoms with van der Waals surface area (Å²) in [7, 11) is 0. The van der Waals surface area contributed by atoms with Crippen LogP contribution in [0.4, 0.5) is 0 Å². The van der Waals surface area contributed by atoms with Gasteiger partial charge in [-0.15, -0.1) is 10.2 Å². The standard InChI is InChI=1S/C39H31BrN8/c1-2-36-41-38-35(40)27-46(48(38)43-36)26-28-22-24-29(25-23-28)33-20-12-13-21-34(33)37-42-44-45-47(37)39(30-14-6-3-7-15-30,31-16-8-4-9-17-31)32-18-10-5-11-19-32/h3-25,27H,2,26H2,1H3. The predicted octanol–water partition coefficient (Wildman–Crippen LogP) is 8.06. The normalized spacial score (nSPS) is 11.7. The Morgan fingerprint density at radius 1 is 0.667 bits per heavy atom. The molecule has 0 unspecified atom stereocenters. The number of halogens is 1. The van der Waals surface area contributed by atoms with Crippen LogP contribution in [-0.2, 0) is 18.5 Å². The Labute approximate surface area is 286 Å². The van der Waals surface area contributed by atoms with Crippen molar-refractivity contribution in [3.63, 3.8) is 0 Å². The minimum atomic E-state index is -0.838. The Kier molecular flexibility index (Phi) is 7.74. The molecule has 9 heteroatoms. The van der Waals surface area contributed by atoms with Crippen molar-refractivity contribution in [2.45, 2.75) is 25.4 Å². The molecule has 48 heavy (non-hydrogen) atoms. The summed E-state index contributed by atoms with van der Waals surface area (Å²) in [5.74, 6) is 1.49. The molecule has 0 N–H and O–H groups in total. The van der Waals surface area contributed by atoms with E-state index in [9.17, 15) is 0 Å². The van der Waals surface area contributed by atoms with Crippen LogP contribution in [0.3, 0.4) is 0 Å². The fraction of sp³-hybridized carbons (Fsp3) is 0.103. The molecule has 8 aromatic rings. The van der Waals surface area contributed by atoms with Crippen LogP contribution in [0.5, 0.6) is 0 Å². The maximum Gasteiger partial charge on any atom is 0.190 e. The number of benzene rings is 5. The Morgan fingerprint density at radius 3 is 1.81 bits per heavy atom. The second kappa shape index (κ2) is 12.5. The molecule has 0 fully saturated rings. The maximum atomic E-state index is 4.76. The Bertz CT molecular complexity index is 2210. The molecule has 8 rings (SSSR count). The van der Waals surface area contributed by atoms with Crippen LogP contribution in [0.25, 0.3) is 28.2 Å². The lowest BCUT2D eigenvalue weighted by Gasteiger charge is -2.36. The summed E-state index contributed by atoms with van der Waals surface area (Å²) in [6.45, 7) is 2.72. The fourth-order valence-corrected chi connectivity index (χ4v) is 7.06. The van der Waals surface area contributed by atoms with E-state index in [0.717, 1.165) is 61.3 Å². The number of rotatable bonds is 9. The summed E-state index contributed by atoms with van der Waals surface area (Å²) in [5.41, 5.74) is 7.36. The molecule has 0 amide bonds. The van der Waals surface area contributed by atoms with Crippen LogP contribution in [0.2, 0.25) is 0 Å². The highest BCUT2D eigenvalue weighted by Gasteiger charge is 2.42. The van der Waals surface area contributed by atoms with Gasteiger partial charge >= 0.3 is 0 Å². The van der Waals surface area contributed by atoms with Gasteiger partial charge in [-0.25, -0.2) is 9.67 Å². The van der Waals surface area contributed by atoms with Gasteiger partial charge in [0.1, 0.15) is 5.54 Å². The smallest absolute Gasteiger partial charge is 0.190 e. The van der Waals surface area contributed by atoms with Crippen LogP contribution in [0.1, 0.15) is 35.0 Å². The van der Waals surface area contributed by atoms with Crippen LogP contribution in [0.15, 0.2) is 150 Å². The summed E-state index contributed by atoms with van der Waals surface area (Å²) in [6.07, 6.45) is 2.81. The highest BCUT2D eigenvalue weighted by atomic mass is 79.9. The van der Waals surface area contributed by atoms with Gasteiger partial charge in [0.2, 0.25) is 0 Å². The quantitative estimate of drug-likeness (QED) is 0.143. The Morgan fingerprint density at radius 2 is 1.23 bits per heavy atom. The molecular formula is C39H31BrN8. The monoisotopic (exact) mass is 690 g/mol. The maximum absolute atomic E-state index is 4.76. The summed E-state index contributed by atoms with van der Waals surface area (Å²) in [6, 6.07) is 48.4. The van der Waals surface area contributed by atoms with Crippen molar-refractivity contribution >= 4 is 21.6 Å². The van der Waals surface area contributed by atoms with E-state index in [2.05, 4.69) is 158 Å². The van der Waals surface area contributed by atoms with Crippen molar-refractivity contribution in [1.29, 1.82) is 0 Å². The molecule has 0 saturated heterocycles. The summed E-state index contributed by atoms with van der Waals surface area (Å²) in [4.78, 5) is 4.63. The van der Waals surface area contributed by atoms with Gasteiger partial charge in [-0.3, -0.25) is 4.68 Å². The first kappa shape index (κ1) is 29.7. The lowest BCUT2D eigenvalue weighted by Crippen LogP contribution is -2.39. The first-order valence-electron chi connectivity index (χ1n) is 15.9. The average Bonchev–Trinajstić information content (AvgIpc) is 3.88. The van der Waals surface area contributed by atoms with Crippen molar-refractivity contribution < 1.29 is 0 Å². The number of tetrazole rings is 1. The van der Waals surface area contributed by atoms with Crippen LogP contribution in [-0.4, -0.2) is 39.6 Å². The van der Waals surface area contributed by atoms with Gasteiger partial charge in [0.15, 0.2) is 17.3 Å². The first-order chi connectivity index (χ1) is 23.7. The fourth-order valence-electron chi connectivity index (χ4n) is 6.57. The summed E-state index contributed by atoms with van der Waals surface area (Å²) < 4.78 is 6.84. The molecule has 3 heterocycles. The molecule has 0 aliphatic heterocycles. The zero-order valence-corrected chi connectivity index (χ0v) is 27.8. The lowest BCUT2D eigenvalue weighted by atomic mass is 9.77. The van der Waals surface area contributed by atoms with E-state index in [1.807, 2.05) is 39.8 Å². The third-order valence-corrected chi connectivity index (χ3v) is 9.37. The van der Waals surface area contributed by atoms with Gasteiger partial charge in [-0.2, -0.15) is 4.63 Å². The number of aryl methyl sites for hydroxylation is 1.